The third-order valence-corrected chi connectivity index (χ3v) is 5.09. The molecule has 1 saturated carbocycles. The molecule has 0 amide bonds. The Balaban J connectivity index is 1.82. The van der Waals surface area contributed by atoms with E-state index in [0.29, 0.717) is 6.61 Å². The lowest BCUT2D eigenvalue weighted by atomic mass is 9.68. The van der Waals surface area contributed by atoms with Crippen molar-refractivity contribution in [2.75, 3.05) is 13.7 Å². The molecular formula is C16H23FO4. The first kappa shape index (κ1) is 15.1. The van der Waals surface area contributed by atoms with E-state index in [2.05, 4.69) is 6.08 Å². The Morgan fingerprint density at radius 3 is 2.71 bits per heavy atom. The molecule has 0 aromatic heterocycles. The first-order chi connectivity index (χ1) is 9.84. The van der Waals surface area contributed by atoms with Crippen molar-refractivity contribution in [2.24, 2.45) is 5.92 Å². The average molecular weight is 298 g/mol. The van der Waals surface area contributed by atoms with Gasteiger partial charge < -0.3 is 14.2 Å². The molecule has 118 valence electrons. The van der Waals surface area contributed by atoms with Crippen LogP contribution in [-0.2, 0) is 19.0 Å². The van der Waals surface area contributed by atoms with E-state index in [-0.39, 0.29) is 18.4 Å². The van der Waals surface area contributed by atoms with Crippen LogP contribution in [0.2, 0.25) is 0 Å². The summed E-state index contributed by atoms with van der Waals surface area (Å²) in [5.74, 6) is -0.702. The summed E-state index contributed by atoms with van der Waals surface area (Å²) in [5, 5.41) is 0. The SMILES string of the molecule is COC1C(=O)C(F)CC2(CO2)C1C1(C)OC1CC=C(C)C. The van der Waals surface area contributed by atoms with Crippen molar-refractivity contribution in [3.63, 3.8) is 0 Å². The van der Waals surface area contributed by atoms with Gasteiger partial charge in [-0.25, -0.2) is 4.39 Å². The minimum absolute atomic E-state index is 0.0417. The maximum absolute atomic E-state index is 13.9. The maximum Gasteiger partial charge on any atom is 0.196 e. The number of hydrogen-bond acceptors (Lipinski definition) is 4. The molecule has 3 rings (SSSR count). The van der Waals surface area contributed by atoms with E-state index < -0.39 is 29.3 Å². The second-order valence-electron chi connectivity index (χ2n) is 6.87. The summed E-state index contributed by atoms with van der Waals surface area (Å²) in [5.41, 5.74) is 0.179. The van der Waals surface area contributed by atoms with E-state index in [1.54, 1.807) is 0 Å². The lowest BCUT2D eigenvalue weighted by Crippen LogP contribution is -2.56. The molecule has 0 bridgehead atoms. The highest BCUT2D eigenvalue weighted by Gasteiger charge is 2.73. The Labute approximate surface area is 124 Å². The van der Waals surface area contributed by atoms with Gasteiger partial charge in [-0.3, -0.25) is 4.79 Å². The predicted octanol–water partition coefficient (Wildman–Crippen LogP) is 2.21. The fourth-order valence-electron chi connectivity index (χ4n) is 3.79. The molecule has 1 spiro atoms. The Morgan fingerprint density at radius 1 is 1.52 bits per heavy atom. The highest BCUT2D eigenvalue weighted by molar-refractivity contribution is 5.89. The van der Waals surface area contributed by atoms with Gasteiger partial charge in [0.1, 0.15) is 17.3 Å². The zero-order valence-electron chi connectivity index (χ0n) is 13.0. The number of methoxy groups -OCH3 is 1. The van der Waals surface area contributed by atoms with Gasteiger partial charge in [0, 0.05) is 13.5 Å². The molecule has 0 radical (unpaired) electrons. The van der Waals surface area contributed by atoms with Crippen LogP contribution in [-0.4, -0.2) is 49.1 Å². The van der Waals surface area contributed by atoms with E-state index >= 15 is 0 Å². The maximum atomic E-state index is 13.9. The molecule has 0 aromatic carbocycles. The molecule has 5 heteroatoms. The number of allylic oxidation sites excluding steroid dienone is 1. The number of rotatable bonds is 4. The quantitative estimate of drug-likeness (QED) is 0.590. The third kappa shape index (κ3) is 2.35. The van der Waals surface area contributed by atoms with Crippen molar-refractivity contribution in [3.05, 3.63) is 11.6 Å². The topological polar surface area (TPSA) is 51.4 Å². The van der Waals surface area contributed by atoms with Crippen LogP contribution in [0, 0.1) is 5.92 Å². The normalized spacial score (nSPS) is 48.3. The number of alkyl halides is 1. The van der Waals surface area contributed by atoms with Gasteiger partial charge in [0.2, 0.25) is 0 Å². The first-order valence-electron chi connectivity index (χ1n) is 7.50. The molecule has 6 unspecified atom stereocenters. The highest BCUT2D eigenvalue weighted by atomic mass is 19.1. The van der Waals surface area contributed by atoms with Gasteiger partial charge in [0.15, 0.2) is 12.0 Å². The Morgan fingerprint density at radius 2 is 2.19 bits per heavy atom. The number of carbonyl (C=O) groups excluding carboxylic acids is 1. The van der Waals surface area contributed by atoms with Crippen molar-refractivity contribution in [1.82, 2.24) is 0 Å². The summed E-state index contributed by atoms with van der Waals surface area (Å²) in [6, 6.07) is 0. The van der Waals surface area contributed by atoms with Gasteiger partial charge in [0.05, 0.1) is 18.6 Å². The molecule has 0 aromatic rings. The van der Waals surface area contributed by atoms with E-state index in [4.69, 9.17) is 14.2 Å². The number of ether oxygens (including phenoxy) is 3. The molecule has 2 heterocycles. The average Bonchev–Trinajstić information content (AvgIpc) is 3.31. The summed E-state index contributed by atoms with van der Waals surface area (Å²) < 4.78 is 30.7. The van der Waals surface area contributed by atoms with Crippen LogP contribution < -0.4 is 0 Å². The molecule has 21 heavy (non-hydrogen) atoms. The zero-order chi connectivity index (χ0) is 15.4. The molecule has 3 aliphatic rings. The lowest BCUT2D eigenvalue weighted by Gasteiger charge is -2.38. The standard InChI is InChI=1S/C16H23FO4/c1-9(2)5-6-11-15(3,21-11)14-13(19-4)12(18)10(17)7-16(14)8-20-16/h5,10-11,13-14H,6-8H2,1-4H3. The van der Waals surface area contributed by atoms with Gasteiger partial charge in [-0.15, -0.1) is 0 Å². The predicted molar refractivity (Wildman–Crippen MR) is 74.8 cm³/mol. The van der Waals surface area contributed by atoms with Gasteiger partial charge in [-0.2, -0.15) is 0 Å². The summed E-state index contributed by atoms with van der Waals surface area (Å²) >= 11 is 0. The van der Waals surface area contributed by atoms with Crippen molar-refractivity contribution < 1.29 is 23.4 Å². The van der Waals surface area contributed by atoms with Gasteiger partial charge in [-0.05, 0) is 27.2 Å². The van der Waals surface area contributed by atoms with E-state index in [1.165, 1.54) is 12.7 Å². The van der Waals surface area contributed by atoms with Crippen molar-refractivity contribution >= 4 is 5.78 Å². The van der Waals surface area contributed by atoms with Crippen LogP contribution in [0.1, 0.15) is 33.6 Å². The molecule has 6 atom stereocenters. The summed E-state index contributed by atoms with van der Waals surface area (Å²) in [4.78, 5) is 12.1. The van der Waals surface area contributed by atoms with Crippen LogP contribution in [0.4, 0.5) is 4.39 Å². The number of ketones is 1. The van der Waals surface area contributed by atoms with Crippen LogP contribution in [0.15, 0.2) is 11.6 Å². The summed E-state index contributed by atoms with van der Waals surface area (Å²) in [6.45, 7) is 6.56. The van der Waals surface area contributed by atoms with Crippen LogP contribution in [0.25, 0.3) is 0 Å². The first-order valence-corrected chi connectivity index (χ1v) is 7.50. The molecule has 2 saturated heterocycles. The molecule has 3 fully saturated rings. The van der Waals surface area contributed by atoms with Crippen LogP contribution >= 0.6 is 0 Å². The van der Waals surface area contributed by atoms with E-state index in [9.17, 15) is 9.18 Å². The highest BCUT2D eigenvalue weighted by Crippen LogP contribution is 2.59. The van der Waals surface area contributed by atoms with Crippen LogP contribution in [0.5, 0.6) is 0 Å². The largest absolute Gasteiger partial charge is 0.373 e. The van der Waals surface area contributed by atoms with Crippen LogP contribution in [0.3, 0.4) is 0 Å². The molecular weight excluding hydrogens is 275 g/mol. The summed E-state index contributed by atoms with van der Waals surface area (Å²) in [6.07, 6.45) is 0.825. The smallest absolute Gasteiger partial charge is 0.196 e. The zero-order valence-corrected chi connectivity index (χ0v) is 13.0. The van der Waals surface area contributed by atoms with Gasteiger partial charge >= 0.3 is 0 Å². The van der Waals surface area contributed by atoms with Gasteiger partial charge in [-0.1, -0.05) is 11.6 Å². The second-order valence-corrected chi connectivity index (χ2v) is 6.87. The summed E-state index contributed by atoms with van der Waals surface area (Å²) in [7, 11) is 1.46. The van der Waals surface area contributed by atoms with Crippen molar-refractivity contribution in [3.8, 4) is 0 Å². The number of carbonyl (C=O) groups is 1. The third-order valence-electron chi connectivity index (χ3n) is 5.09. The van der Waals surface area contributed by atoms with Gasteiger partial charge in [0.25, 0.3) is 0 Å². The number of epoxide rings is 2. The van der Waals surface area contributed by atoms with Crippen molar-refractivity contribution in [1.29, 1.82) is 0 Å². The molecule has 2 aliphatic heterocycles. The molecule has 0 N–H and O–H groups in total. The lowest BCUT2D eigenvalue weighted by molar-refractivity contribution is -0.150. The van der Waals surface area contributed by atoms with Crippen molar-refractivity contribution in [2.45, 2.75) is 63.2 Å². The second kappa shape index (κ2) is 4.86. The van der Waals surface area contributed by atoms with E-state index in [0.717, 1.165) is 6.42 Å². The fourth-order valence-corrected chi connectivity index (χ4v) is 3.79. The molecule has 1 aliphatic carbocycles. The number of hydrogen-bond donors (Lipinski definition) is 0. The Bertz CT molecular complexity index is 481. The Hall–Kier alpha value is -0.780. The monoisotopic (exact) mass is 298 g/mol. The fraction of sp³-hybridized carbons (Fsp3) is 0.812. The van der Waals surface area contributed by atoms with E-state index in [1.807, 2.05) is 20.8 Å². The molecule has 4 nitrogen and oxygen atoms in total. The minimum Gasteiger partial charge on any atom is -0.373 e. The number of Topliss-reactive ketones (excluding diaryl/α,β-unsaturated/α-hetero) is 1. The Kier molecular flexibility index (Phi) is 3.50. The minimum atomic E-state index is -1.49. The number of halogens is 1.